The Morgan fingerprint density at radius 2 is 1.74 bits per heavy atom. The molecule has 5 nitrogen and oxygen atoms in total. The molecule has 1 saturated heterocycles. The lowest BCUT2D eigenvalue weighted by atomic mass is 9.86. The van der Waals surface area contributed by atoms with Gasteiger partial charge in [0.1, 0.15) is 0 Å². The SMILES string of the molecule is C[C@@H]1CCCC[C@@H]1NC(=O)N(C)CCN(C)C1CCN(C)CC1. The second-order valence-electron chi connectivity index (χ2n) is 7.75. The Hall–Kier alpha value is -0.810. The summed E-state index contributed by atoms with van der Waals surface area (Å²) in [5.41, 5.74) is 0. The molecule has 0 unspecified atom stereocenters. The van der Waals surface area contributed by atoms with Crippen LogP contribution in [0.1, 0.15) is 45.4 Å². The molecule has 1 aliphatic heterocycles. The van der Waals surface area contributed by atoms with Crippen molar-refractivity contribution in [1.82, 2.24) is 20.0 Å². The van der Waals surface area contributed by atoms with E-state index in [4.69, 9.17) is 0 Å². The molecule has 134 valence electrons. The first-order valence-electron chi connectivity index (χ1n) is 9.37. The van der Waals surface area contributed by atoms with Crippen LogP contribution in [0.3, 0.4) is 0 Å². The standard InChI is InChI=1S/C18H36N4O/c1-15-7-5-6-8-17(15)19-18(23)22(4)14-13-21(3)16-9-11-20(2)12-10-16/h15-17H,5-14H2,1-4H3,(H,19,23)/t15-,17+/m1/s1. The summed E-state index contributed by atoms with van der Waals surface area (Å²) < 4.78 is 0. The number of carbonyl (C=O) groups is 1. The van der Waals surface area contributed by atoms with Crippen LogP contribution in [-0.2, 0) is 0 Å². The number of hydrogen-bond donors (Lipinski definition) is 1. The number of likely N-dealkylation sites (tertiary alicyclic amines) is 1. The molecule has 23 heavy (non-hydrogen) atoms. The molecule has 2 rings (SSSR count). The van der Waals surface area contributed by atoms with Crippen LogP contribution in [0.15, 0.2) is 0 Å². The van der Waals surface area contributed by atoms with Crippen molar-refractivity contribution in [3.8, 4) is 0 Å². The smallest absolute Gasteiger partial charge is 0.317 e. The van der Waals surface area contributed by atoms with E-state index < -0.39 is 0 Å². The highest BCUT2D eigenvalue weighted by Gasteiger charge is 2.25. The first-order chi connectivity index (χ1) is 11.0. The highest BCUT2D eigenvalue weighted by Crippen LogP contribution is 2.23. The summed E-state index contributed by atoms with van der Waals surface area (Å²) in [6.45, 7) is 6.39. The highest BCUT2D eigenvalue weighted by atomic mass is 16.2. The maximum atomic E-state index is 12.4. The number of urea groups is 1. The van der Waals surface area contributed by atoms with E-state index in [-0.39, 0.29) is 6.03 Å². The summed E-state index contributed by atoms with van der Waals surface area (Å²) in [4.78, 5) is 19.1. The zero-order valence-electron chi connectivity index (χ0n) is 15.6. The number of likely N-dealkylation sites (N-methyl/N-ethyl adjacent to an activating group) is 2. The Bertz CT molecular complexity index is 368. The Morgan fingerprint density at radius 1 is 1.09 bits per heavy atom. The van der Waals surface area contributed by atoms with Gasteiger partial charge in [0.05, 0.1) is 0 Å². The molecule has 2 atom stereocenters. The molecule has 0 aromatic carbocycles. The number of nitrogens with one attached hydrogen (secondary N) is 1. The maximum absolute atomic E-state index is 12.4. The van der Waals surface area contributed by atoms with Crippen LogP contribution in [0.5, 0.6) is 0 Å². The van der Waals surface area contributed by atoms with E-state index in [1.54, 1.807) is 0 Å². The van der Waals surface area contributed by atoms with Gasteiger partial charge in [-0.1, -0.05) is 19.8 Å². The fraction of sp³-hybridized carbons (Fsp3) is 0.944. The minimum absolute atomic E-state index is 0.0977. The molecule has 5 heteroatoms. The molecule has 2 amide bonds. The van der Waals surface area contributed by atoms with Crippen molar-refractivity contribution >= 4 is 6.03 Å². The van der Waals surface area contributed by atoms with Gasteiger partial charge in [-0.2, -0.15) is 0 Å². The van der Waals surface area contributed by atoms with Gasteiger partial charge in [0.25, 0.3) is 0 Å². The van der Waals surface area contributed by atoms with E-state index >= 15 is 0 Å². The number of amides is 2. The maximum Gasteiger partial charge on any atom is 0.317 e. The number of piperidine rings is 1. The van der Waals surface area contributed by atoms with Crippen molar-refractivity contribution in [2.24, 2.45) is 5.92 Å². The lowest BCUT2D eigenvalue weighted by Gasteiger charge is -2.36. The largest absolute Gasteiger partial charge is 0.335 e. The number of carbonyl (C=O) groups excluding carboxylic acids is 1. The first kappa shape index (κ1) is 18.5. The third-order valence-corrected chi connectivity index (χ3v) is 5.87. The van der Waals surface area contributed by atoms with Crippen molar-refractivity contribution in [2.75, 3.05) is 47.3 Å². The van der Waals surface area contributed by atoms with Crippen LogP contribution in [0.25, 0.3) is 0 Å². The molecular formula is C18H36N4O. The quantitative estimate of drug-likeness (QED) is 0.843. The molecule has 1 aliphatic carbocycles. The summed E-state index contributed by atoms with van der Waals surface area (Å²) in [6, 6.07) is 1.13. The van der Waals surface area contributed by atoms with E-state index in [1.165, 1.54) is 45.2 Å². The van der Waals surface area contributed by atoms with Crippen molar-refractivity contribution < 1.29 is 4.79 Å². The van der Waals surface area contributed by atoms with Gasteiger partial charge < -0.3 is 20.0 Å². The second kappa shape index (κ2) is 8.88. The third kappa shape index (κ3) is 5.64. The second-order valence-corrected chi connectivity index (χ2v) is 7.75. The predicted octanol–water partition coefficient (Wildman–Crippen LogP) is 2.23. The minimum atomic E-state index is 0.0977. The van der Waals surface area contributed by atoms with Crippen molar-refractivity contribution in [3.63, 3.8) is 0 Å². The zero-order valence-corrected chi connectivity index (χ0v) is 15.6. The molecule has 1 N–H and O–H groups in total. The fourth-order valence-electron chi connectivity index (χ4n) is 3.83. The molecule has 1 saturated carbocycles. The van der Waals surface area contributed by atoms with Crippen LogP contribution in [0, 0.1) is 5.92 Å². The van der Waals surface area contributed by atoms with Gasteiger partial charge in [0.15, 0.2) is 0 Å². The van der Waals surface area contributed by atoms with Crippen LogP contribution in [0.2, 0.25) is 0 Å². The average Bonchev–Trinajstić information content (AvgIpc) is 2.55. The molecule has 1 heterocycles. The van der Waals surface area contributed by atoms with E-state index in [1.807, 2.05) is 11.9 Å². The third-order valence-electron chi connectivity index (χ3n) is 5.87. The summed E-state index contributed by atoms with van der Waals surface area (Å²) in [6.07, 6.45) is 7.41. The zero-order chi connectivity index (χ0) is 16.8. The normalized spacial score (nSPS) is 27.2. The van der Waals surface area contributed by atoms with E-state index in [0.29, 0.717) is 18.0 Å². The molecule has 0 spiro atoms. The molecule has 0 aromatic rings. The number of hydrogen-bond acceptors (Lipinski definition) is 3. The topological polar surface area (TPSA) is 38.8 Å². The van der Waals surface area contributed by atoms with Gasteiger partial charge in [-0.3, -0.25) is 0 Å². The lowest BCUT2D eigenvalue weighted by Crippen LogP contribution is -2.49. The first-order valence-corrected chi connectivity index (χ1v) is 9.37. The minimum Gasteiger partial charge on any atom is -0.335 e. The molecule has 2 aliphatic rings. The van der Waals surface area contributed by atoms with Gasteiger partial charge in [-0.25, -0.2) is 4.79 Å². The number of rotatable bonds is 5. The van der Waals surface area contributed by atoms with Gasteiger partial charge in [0, 0.05) is 32.2 Å². The van der Waals surface area contributed by atoms with Crippen LogP contribution in [0.4, 0.5) is 4.79 Å². The number of nitrogens with zero attached hydrogens (tertiary/aromatic N) is 3. The summed E-state index contributed by atoms with van der Waals surface area (Å²) in [5, 5.41) is 3.24. The molecule has 2 fully saturated rings. The van der Waals surface area contributed by atoms with E-state index in [0.717, 1.165) is 19.5 Å². The molecular weight excluding hydrogens is 288 g/mol. The summed E-state index contributed by atoms with van der Waals surface area (Å²) in [7, 11) is 6.32. The van der Waals surface area contributed by atoms with E-state index in [2.05, 4.69) is 36.1 Å². The summed E-state index contributed by atoms with van der Waals surface area (Å²) in [5.74, 6) is 0.614. The Balaban J connectivity index is 1.68. The van der Waals surface area contributed by atoms with Gasteiger partial charge in [0.2, 0.25) is 0 Å². The molecule has 0 aromatic heterocycles. The van der Waals surface area contributed by atoms with Crippen molar-refractivity contribution in [2.45, 2.75) is 57.5 Å². The predicted molar refractivity (Wildman–Crippen MR) is 95.7 cm³/mol. The Kier molecular flexibility index (Phi) is 7.15. The van der Waals surface area contributed by atoms with Crippen LogP contribution >= 0.6 is 0 Å². The van der Waals surface area contributed by atoms with Crippen molar-refractivity contribution in [3.05, 3.63) is 0 Å². The summed E-state index contributed by atoms with van der Waals surface area (Å²) >= 11 is 0. The average molecular weight is 325 g/mol. The van der Waals surface area contributed by atoms with Gasteiger partial charge >= 0.3 is 6.03 Å². The van der Waals surface area contributed by atoms with Crippen molar-refractivity contribution in [1.29, 1.82) is 0 Å². The highest BCUT2D eigenvalue weighted by molar-refractivity contribution is 5.74. The Labute approximate surface area is 142 Å². The van der Waals surface area contributed by atoms with Crippen LogP contribution < -0.4 is 5.32 Å². The Morgan fingerprint density at radius 3 is 2.39 bits per heavy atom. The lowest BCUT2D eigenvalue weighted by molar-refractivity contribution is 0.133. The monoisotopic (exact) mass is 324 g/mol. The van der Waals surface area contributed by atoms with Gasteiger partial charge in [-0.15, -0.1) is 0 Å². The van der Waals surface area contributed by atoms with E-state index in [9.17, 15) is 4.79 Å². The van der Waals surface area contributed by atoms with Crippen LogP contribution in [-0.4, -0.2) is 80.1 Å². The fourth-order valence-corrected chi connectivity index (χ4v) is 3.83. The molecule has 0 radical (unpaired) electrons. The molecule has 0 bridgehead atoms. The van der Waals surface area contributed by atoms with Gasteiger partial charge in [-0.05, 0) is 58.8 Å².